The molecule has 0 bridgehead atoms. The molecule has 0 aromatic carbocycles. The second-order valence-electron chi connectivity index (χ2n) is 7.44. The third-order valence-corrected chi connectivity index (χ3v) is 5.33. The summed E-state index contributed by atoms with van der Waals surface area (Å²) in [6.07, 6.45) is 5.16. The highest BCUT2D eigenvalue weighted by Crippen LogP contribution is 2.38. The van der Waals surface area contributed by atoms with Gasteiger partial charge in [0.25, 0.3) is 5.91 Å². The minimum absolute atomic E-state index is 0.262. The number of piperazine rings is 1. The first kappa shape index (κ1) is 21.0. The first-order valence-electron chi connectivity index (χ1n) is 10.1. The van der Waals surface area contributed by atoms with Crippen LogP contribution in [0.4, 0.5) is 4.79 Å². The van der Waals surface area contributed by atoms with Gasteiger partial charge in [-0.05, 0) is 51.3 Å². The summed E-state index contributed by atoms with van der Waals surface area (Å²) >= 11 is 0. The summed E-state index contributed by atoms with van der Waals surface area (Å²) in [4.78, 5) is 39.1. The molecule has 0 spiro atoms. The normalized spacial score (nSPS) is 16.9. The van der Waals surface area contributed by atoms with Crippen LogP contribution in [-0.2, 0) is 19.1 Å². The topological polar surface area (TPSA) is 81.1 Å². The molecule has 3 rings (SSSR count). The molecule has 0 atom stereocenters. The zero-order chi connectivity index (χ0) is 21.0. The highest BCUT2D eigenvalue weighted by molar-refractivity contribution is 5.89. The van der Waals surface area contributed by atoms with Crippen LogP contribution in [0.5, 0.6) is 0 Å². The number of carbonyl (C=O) groups is 3. The fourth-order valence-corrected chi connectivity index (χ4v) is 3.65. The molecule has 1 aromatic rings. The SMILES string of the molecule is CCOC(=O)N1CCN(C(=O)COC(=O)/C=C/c2cc(C)n(C3CC3)c2C)CC1. The van der Waals surface area contributed by atoms with Crippen LogP contribution < -0.4 is 0 Å². The van der Waals surface area contributed by atoms with Crippen molar-refractivity contribution in [2.75, 3.05) is 39.4 Å². The summed E-state index contributed by atoms with van der Waals surface area (Å²) in [5.41, 5.74) is 3.33. The Morgan fingerprint density at radius 1 is 1.07 bits per heavy atom. The molecule has 1 aromatic heterocycles. The van der Waals surface area contributed by atoms with Crippen molar-refractivity contribution in [2.45, 2.75) is 39.7 Å². The van der Waals surface area contributed by atoms with Crippen molar-refractivity contribution < 1.29 is 23.9 Å². The standard InChI is InChI=1S/C21H29N3O5/c1-4-28-21(27)23-11-9-22(10-12-23)19(25)14-29-20(26)8-5-17-13-15(2)24(16(17)3)18-6-7-18/h5,8,13,18H,4,6-7,9-12,14H2,1-3H3/b8-5+. The molecule has 2 aliphatic rings. The molecule has 8 nitrogen and oxygen atoms in total. The monoisotopic (exact) mass is 403 g/mol. The fourth-order valence-electron chi connectivity index (χ4n) is 3.65. The van der Waals surface area contributed by atoms with Crippen molar-refractivity contribution in [2.24, 2.45) is 0 Å². The van der Waals surface area contributed by atoms with Gasteiger partial charge >= 0.3 is 12.1 Å². The van der Waals surface area contributed by atoms with Crippen LogP contribution in [-0.4, -0.2) is 71.7 Å². The Balaban J connectivity index is 1.44. The summed E-state index contributed by atoms with van der Waals surface area (Å²) in [5.74, 6) is -0.804. The molecule has 0 unspecified atom stereocenters. The van der Waals surface area contributed by atoms with E-state index in [2.05, 4.69) is 24.5 Å². The molecule has 2 fully saturated rings. The number of hydrogen-bond acceptors (Lipinski definition) is 5. The van der Waals surface area contributed by atoms with Crippen LogP contribution in [0.1, 0.15) is 42.8 Å². The molecule has 2 amide bonds. The van der Waals surface area contributed by atoms with E-state index in [-0.39, 0.29) is 18.6 Å². The van der Waals surface area contributed by atoms with Gasteiger partial charge in [-0.15, -0.1) is 0 Å². The molecule has 1 saturated heterocycles. The molecule has 29 heavy (non-hydrogen) atoms. The molecule has 158 valence electrons. The number of aryl methyl sites for hydroxylation is 1. The largest absolute Gasteiger partial charge is 0.452 e. The molecule has 2 heterocycles. The zero-order valence-corrected chi connectivity index (χ0v) is 17.3. The molecule has 0 N–H and O–H groups in total. The van der Waals surface area contributed by atoms with E-state index in [1.54, 1.807) is 22.8 Å². The van der Waals surface area contributed by atoms with Crippen molar-refractivity contribution in [3.63, 3.8) is 0 Å². The van der Waals surface area contributed by atoms with Gasteiger partial charge in [-0.1, -0.05) is 0 Å². The molecule has 1 aliphatic heterocycles. The molecule has 8 heteroatoms. The minimum atomic E-state index is -0.542. The van der Waals surface area contributed by atoms with Gasteiger partial charge < -0.3 is 23.8 Å². The van der Waals surface area contributed by atoms with E-state index in [1.807, 2.05) is 0 Å². The van der Waals surface area contributed by atoms with E-state index in [0.29, 0.717) is 38.8 Å². The zero-order valence-electron chi connectivity index (χ0n) is 17.3. The van der Waals surface area contributed by atoms with Crippen LogP contribution in [0.25, 0.3) is 6.08 Å². The van der Waals surface area contributed by atoms with E-state index < -0.39 is 5.97 Å². The summed E-state index contributed by atoms with van der Waals surface area (Å²) in [7, 11) is 0. The number of esters is 1. The lowest BCUT2D eigenvalue weighted by Crippen LogP contribution is -2.51. The van der Waals surface area contributed by atoms with Gasteiger partial charge in [0, 0.05) is 49.7 Å². The highest BCUT2D eigenvalue weighted by atomic mass is 16.6. The Morgan fingerprint density at radius 3 is 2.34 bits per heavy atom. The summed E-state index contributed by atoms with van der Waals surface area (Å²) in [6.45, 7) is 7.53. The van der Waals surface area contributed by atoms with Gasteiger partial charge in [-0.3, -0.25) is 4.79 Å². The van der Waals surface area contributed by atoms with Gasteiger partial charge in [0.2, 0.25) is 0 Å². The maximum absolute atomic E-state index is 12.2. The van der Waals surface area contributed by atoms with Crippen molar-refractivity contribution in [3.8, 4) is 0 Å². The lowest BCUT2D eigenvalue weighted by molar-refractivity contribution is -0.148. The smallest absolute Gasteiger partial charge is 0.409 e. The van der Waals surface area contributed by atoms with Crippen molar-refractivity contribution in [1.29, 1.82) is 0 Å². The number of rotatable bonds is 6. The van der Waals surface area contributed by atoms with E-state index in [4.69, 9.17) is 9.47 Å². The fraction of sp³-hybridized carbons (Fsp3) is 0.571. The third-order valence-electron chi connectivity index (χ3n) is 5.33. The second-order valence-corrected chi connectivity index (χ2v) is 7.44. The number of nitrogens with zero attached hydrogens (tertiary/aromatic N) is 3. The van der Waals surface area contributed by atoms with E-state index in [0.717, 1.165) is 11.3 Å². The van der Waals surface area contributed by atoms with Gasteiger partial charge in [0.15, 0.2) is 6.61 Å². The van der Waals surface area contributed by atoms with Crippen LogP contribution in [0.15, 0.2) is 12.1 Å². The van der Waals surface area contributed by atoms with Crippen molar-refractivity contribution in [1.82, 2.24) is 14.4 Å². The van der Waals surface area contributed by atoms with E-state index in [9.17, 15) is 14.4 Å². The first-order valence-corrected chi connectivity index (χ1v) is 10.1. The predicted molar refractivity (Wildman–Crippen MR) is 107 cm³/mol. The number of aromatic nitrogens is 1. The summed E-state index contributed by atoms with van der Waals surface area (Å²) in [6, 6.07) is 2.65. The van der Waals surface area contributed by atoms with E-state index in [1.165, 1.54) is 24.6 Å². The Kier molecular flexibility index (Phi) is 6.61. The van der Waals surface area contributed by atoms with Gasteiger partial charge in [-0.25, -0.2) is 9.59 Å². The molecule has 0 radical (unpaired) electrons. The third kappa shape index (κ3) is 5.19. The van der Waals surface area contributed by atoms with Crippen LogP contribution in [0.2, 0.25) is 0 Å². The highest BCUT2D eigenvalue weighted by Gasteiger charge is 2.27. The average molecular weight is 403 g/mol. The Bertz CT molecular complexity index is 801. The average Bonchev–Trinajstić information content (AvgIpc) is 3.50. The number of carbonyl (C=O) groups excluding carboxylic acids is 3. The lowest BCUT2D eigenvalue weighted by atomic mass is 10.2. The number of amides is 2. The van der Waals surface area contributed by atoms with Gasteiger partial charge in [-0.2, -0.15) is 0 Å². The van der Waals surface area contributed by atoms with Gasteiger partial charge in [0.05, 0.1) is 6.61 Å². The summed E-state index contributed by atoms with van der Waals surface area (Å²) in [5, 5.41) is 0. The predicted octanol–water partition coefficient (Wildman–Crippen LogP) is 2.30. The Labute approximate surface area is 171 Å². The molecular weight excluding hydrogens is 374 g/mol. The van der Waals surface area contributed by atoms with Crippen LogP contribution >= 0.6 is 0 Å². The van der Waals surface area contributed by atoms with Gasteiger partial charge in [0.1, 0.15) is 0 Å². The lowest BCUT2D eigenvalue weighted by Gasteiger charge is -2.33. The minimum Gasteiger partial charge on any atom is -0.452 e. The van der Waals surface area contributed by atoms with Crippen molar-refractivity contribution >= 4 is 24.0 Å². The maximum Gasteiger partial charge on any atom is 0.409 e. The van der Waals surface area contributed by atoms with E-state index >= 15 is 0 Å². The summed E-state index contributed by atoms with van der Waals surface area (Å²) < 4.78 is 12.4. The molecule has 1 aliphatic carbocycles. The second kappa shape index (κ2) is 9.15. The maximum atomic E-state index is 12.2. The Hall–Kier alpha value is -2.77. The number of ether oxygens (including phenoxy) is 2. The van der Waals surface area contributed by atoms with Crippen LogP contribution in [0, 0.1) is 13.8 Å². The first-order chi connectivity index (χ1) is 13.9. The number of hydrogen-bond donors (Lipinski definition) is 0. The quantitative estimate of drug-likeness (QED) is 0.538. The Morgan fingerprint density at radius 2 is 1.72 bits per heavy atom. The molecular formula is C21H29N3O5. The van der Waals surface area contributed by atoms with Crippen molar-refractivity contribution in [3.05, 3.63) is 29.1 Å². The molecule has 1 saturated carbocycles. The van der Waals surface area contributed by atoms with Crippen LogP contribution in [0.3, 0.4) is 0 Å².